The van der Waals surface area contributed by atoms with E-state index in [0.717, 1.165) is 21.5 Å². The Morgan fingerprint density at radius 1 is 1.14 bits per heavy atom. The molecular formula is C21H16FN3OS2. The van der Waals surface area contributed by atoms with Crippen molar-refractivity contribution in [2.75, 3.05) is 4.90 Å². The number of hydrogen-bond acceptors (Lipinski definition) is 5. The number of nitrogens with zero attached hydrogens (tertiary/aromatic N) is 3. The van der Waals surface area contributed by atoms with Crippen molar-refractivity contribution in [3.8, 4) is 0 Å². The molecule has 4 rings (SSSR count). The van der Waals surface area contributed by atoms with E-state index in [1.807, 2.05) is 35.7 Å². The summed E-state index contributed by atoms with van der Waals surface area (Å²) < 4.78 is 14.2. The van der Waals surface area contributed by atoms with Crippen LogP contribution in [0.15, 0.2) is 71.1 Å². The second-order valence-corrected chi connectivity index (χ2v) is 7.90. The summed E-state index contributed by atoms with van der Waals surface area (Å²) in [6.45, 7) is 1.41. The van der Waals surface area contributed by atoms with E-state index in [4.69, 9.17) is 0 Å². The lowest BCUT2D eigenvalue weighted by molar-refractivity contribution is -0.115. The number of para-hydroxylation sites is 2. The molecule has 0 saturated carbocycles. The molecule has 4 aromatic rings. The molecule has 140 valence electrons. The third-order valence-electron chi connectivity index (χ3n) is 4.12. The van der Waals surface area contributed by atoms with Gasteiger partial charge in [0, 0.05) is 34.5 Å². The van der Waals surface area contributed by atoms with Gasteiger partial charge in [0.05, 0.1) is 16.9 Å². The van der Waals surface area contributed by atoms with Crippen molar-refractivity contribution in [3.05, 3.63) is 77.7 Å². The van der Waals surface area contributed by atoms with Gasteiger partial charge >= 0.3 is 0 Å². The first-order valence-electron chi connectivity index (χ1n) is 8.59. The number of carbonyl (C=O) groups excluding carboxylic acids is 1. The number of anilines is 2. The van der Waals surface area contributed by atoms with E-state index < -0.39 is 5.82 Å². The van der Waals surface area contributed by atoms with Crippen LogP contribution in [0.1, 0.15) is 12.6 Å². The maximum atomic E-state index is 14.2. The molecule has 0 aliphatic carbocycles. The maximum absolute atomic E-state index is 14.2. The summed E-state index contributed by atoms with van der Waals surface area (Å²) in [7, 11) is 0. The summed E-state index contributed by atoms with van der Waals surface area (Å²) in [5.74, 6) is -0.0843. The van der Waals surface area contributed by atoms with Gasteiger partial charge in [-0.2, -0.15) is 0 Å². The number of halogens is 1. The molecule has 0 unspecified atom stereocenters. The average molecular weight is 410 g/mol. The highest BCUT2D eigenvalue weighted by Crippen LogP contribution is 2.33. The van der Waals surface area contributed by atoms with Gasteiger partial charge in [0.2, 0.25) is 5.91 Å². The first-order valence-corrected chi connectivity index (χ1v) is 10.5. The predicted molar refractivity (Wildman–Crippen MR) is 113 cm³/mol. The van der Waals surface area contributed by atoms with Crippen LogP contribution < -0.4 is 4.90 Å². The molecule has 0 fully saturated rings. The van der Waals surface area contributed by atoms with Gasteiger partial charge in [-0.05, 0) is 24.3 Å². The Hall–Kier alpha value is -2.77. The van der Waals surface area contributed by atoms with Crippen LogP contribution in [0.4, 0.5) is 15.2 Å². The molecule has 0 atom stereocenters. The van der Waals surface area contributed by atoms with E-state index >= 15 is 0 Å². The largest absolute Gasteiger partial charge is 0.274 e. The Bertz CT molecular complexity index is 1140. The third kappa shape index (κ3) is 3.76. The fourth-order valence-electron chi connectivity index (χ4n) is 2.85. The van der Waals surface area contributed by atoms with Crippen LogP contribution in [-0.2, 0) is 10.5 Å². The van der Waals surface area contributed by atoms with Gasteiger partial charge in [-0.25, -0.2) is 9.37 Å². The van der Waals surface area contributed by atoms with E-state index in [9.17, 15) is 9.18 Å². The number of thioether (sulfide) groups is 1. The number of amides is 1. The molecule has 1 amide bonds. The van der Waals surface area contributed by atoms with Gasteiger partial charge in [-0.1, -0.05) is 30.3 Å². The number of hydrogen-bond donors (Lipinski definition) is 0. The number of pyridine rings is 1. The molecule has 28 heavy (non-hydrogen) atoms. The molecular weight excluding hydrogens is 393 g/mol. The number of aromatic nitrogens is 2. The summed E-state index contributed by atoms with van der Waals surface area (Å²) >= 11 is 2.99. The second kappa shape index (κ2) is 8.08. The first-order chi connectivity index (χ1) is 13.6. The summed E-state index contributed by atoms with van der Waals surface area (Å²) in [5.41, 5.74) is 2.01. The first kappa shape index (κ1) is 18.6. The highest BCUT2D eigenvalue weighted by atomic mass is 32.2. The highest BCUT2D eigenvalue weighted by molar-refractivity contribution is 7.98. The molecule has 2 heterocycles. The summed E-state index contributed by atoms with van der Waals surface area (Å²) in [6.07, 6.45) is 1.80. The maximum Gasteiger partial charge on any atom is 0.230 e. The number of carbonyl (C=O) groups is 1. The molecule has 7 heteroatoms. The average Bonchev–Trinajstić information content (AvgIpc) is 3.16. The molecule has 2 aromatic carbocycles. The minimum absolute atomic E-state index is 0.212. The van der Waals surface area contributed by atoms with E-state index in [-0.39, 0.29) is 11.6 Å². The van der Waals surface area contributed by atoms with Crippen LogP contribution in [0.25, 0.3) is 10.9 Å². The van der Waals surface area contributed by atoms with Gasteiger partial charge in [0.1, 0.15) is 5.82 Å². The molecule has 0 aliphatic rings. The molecule has 2 aromatic heterocycles. The Morgan fingerprint density at radius 2 is 1.93 bits per heavy atom. The number of fused-ring (bicyclic) bond motifs is 1. The fourth-order valence-corrected chi connectivity index (χ4v) is 4.77. The van der Waals surface area contributed by atoms with Crippen molar-refractivity contribution in [1.29, 1.82) is 0 Å². The standard InChI is InChI=1S/C21H16FN3OS2/c1-14(26)25(19-9-5-3-7-17(19)22)21-24-15(13-28-21)12-27-20-10-11-23-18-8-4-2-6-16(18)20/h2-11,13H,12H2,1H3. The van der Waals surface area contributed by atoms with Gasteiger partial charge in [-0.3, -0.25) is 14.7 Å². The summed E-state index contributed by atoms with van der Waals surface area (Å²) in [4.78, 5) is 23.5. The Balaban J connectivity index is 1.57. The van der Waals surface area contributed by atoms with E-state index in [1.165, 1.54) is 29.2 Å². The number of rotatable bonds is 5. The molecule has 4 nitrogen and oxygen atoms in total. The minimum Gasteiger partial charge on any atom is -0.274 e. The lowest BCUT2D eigenvalue weighted by Crippen LogP contribution is -2.23. The van der Waals surface area contributed by atoms with E-state index in [2.05, 4.69) is 9.97 Å². The van der Waals surface area contributed by atoms with E-state index in [0.29, 0.717) is 10.9 Å². The topological polar surface area (TPSA) is 46.1 Å². The molecule has 0 spiro atoms. The predicted octanol–water partition coefficient (Wildman–Crippen LogP) is 5.81. The van der Waals surface area contributed by atoms with Gasteiger partial charge in [0.25, 0.3) is 0 Å². The van der Waals surface area contributed by atoms with Gasteiger partial charge < -0.3 is 0 Å². The Labute approximate surface area is 170 Å². The van der Waals surface area contributed by atoms with Crippen molar-refractivity contribution < 1.29 is 9.18 Å². The van der Waals surface area contributed by atoms with Crippen molar-refractivity contribution >= 4 is 50.7 Å². The molecule has 0 N–H and O–H groups in total. The fraction of sp³-hybridized carbons (Fsp3) is 0.0952. The Kier molecular flexibility index (Phi) is 5.36. The zero-order valence-corrected chi connectivity index (χ0v) is 16.6. The van der Waals surface area contributed by atoms with Crippen LogP contribution in [0.2, 0.25) is 0 Å². The zero-order valence-electron chi connectivity index (χ0n) is 15.0. The van der Waals surface area contributed by atoms with Crippen LogP contribution >= 0.6 is 23.1 Å². The molecule has 0 bridgehead atoms. The Morgan fingerprint density at radius 3 is 2.75 bits per heavy atom. The second-order valence-electron chi connectivity index (χ2n) is 6.04. The van der Waals surface area contributed by atoms with Crippen LogP contribution in [0.3, 0.4) is 0 Å². The van der Waals surface area contributed by atoms with Gasteiger partial charge in [-0.15, -0.1) is 23.1 Å². The van der Waals surface area contributed by atoms with Crippen LogP contribution in [0.5, 0.6) is 0 Å². The van der Waals surface area contributed by atoms with Crippen molar-refractivity contribution in [2.24, 2.45) is 0 Å². The number of benzene rings is 2. The minimum atomic E-state index is -0.452. The van der Waals surface area contributed by atoms with Crippen LogP contribution in [0, 0.1) is 5.82 Å². The lowest BCUT2D eigenvalue weighted by atomic mass is 10.2. The van der Waals surface area contributed by atoms with Crippen molar-refractivity contribution in [3.63, 3.8) is 0 Å². The van der Waals surface area contributed by atoms with E-state index in [1.54, 1.807) is 36.2 Å². The summed E-state index contributed by atoms with van der Waals surface area (Å²) in [5, 5.41) is 3.47. The van der Waals surface area contributed by atoms with Crippen molar-refractivity contribution in [1.82, 2.24) is 9.97 Å². The third-order valence-corrected chi connectivity index (χ3v) is 6.11. The lowest BCUT2D eigenvalue weighted by Gasteiger charge is -2.18. The smallest absolute Gasteiger partial charge is 0.230 e. The molecule has 0 aliphatic heterocycles. The monoisotopic (exact) mass is 409 g/mol. The summed E-state index contributed by atoms with van der Waals surface area (Å²) in [6, 6.07) is 16.2. The number of thiazole rings is 1. The SMILES string of the molecule is CC(=O)N(c1nc(CSc2ccnc3ccccc23)cs1)c1ccccc1F. The normalized spacial score (nSPS) is 10.9. The highest BCUT2D eigenvalue weighted by Gasteiger charge is 2.20. The zero-order chi connectivity index (χ0) is 19.5. The quantitative estimate of drug-likeness (QED) is 0.390. The van der Waals surface area contributed by atoms with Crippen molar-refractivity contribution in [2.45, 2.75) is 17.6 Å². The molecule has 0 saturated heterocycles. The van der Waals surface area contributed by atoms with Gasteiger partial charge in [0.15, 0.2) is 5.13 Å². The molecule has 0 radical (unpaired) electrons. The van der Waals surface area contributed by atoms with Crippen LogP contribution in [-0.4, -0.2) is 15.9 Å².